The van der Waals surface area contributed by atoms with Gasteiger partial charge in [-0.2, -0.15) is 0 Å². The number of aliphatic hydroxyl groups is 2. The molecule has 1 unspecified atom stereocenters. The molecule has 0 saturated carbocycles. The minimum Gasteiger partial charge on any atom is -0.386 e. The maximum atomic E-state index is 11.4. The average molecular weight is 321 g/mol. The highest BCUT2D eigenvalue weighted by Gasteiger charge is 2.18. The van der Waals surface area contributed by atoms with Crippen LogP contribution in [0.4, 0.5) is 0 Å². The van der Waals surface area contributed by atoms with Crippen molar-refractivity contribution in [3.8, 4) is 0 Å². The third-order valence-electron chi connectivity index (χ3n) is 3.40. The highest BCUT2D eigenvalue weighted by Crippen LogP contribution is 2.24. The fourth-order valence-corrected chi connectivity index (χ4v) is 2.63. The maximum Gasteiger partial charge on any atom is 0.175 e. The van der Waals surface area contributed by atoms with E-state index in [1.54, 1.807) is 38.1 Å². The van der Waals surface area contributed by atoms with Crippen molar-refractivity contribution < 1.29 is 18.6 Å². The Labute approximate surface area is 130 Å². The van der Waals surface area contributed by atoms with Crippen LogP contribution in [0, 0.1) is 0 Å². The van der Waals surface area contributed by atoms with Gasteiger partial charge in [0.1, 0.15) is 6.10 Å². The molecular formula is C16H19NO4S. The Morgan fingerprint density at radius 3 is 2.09 bits per heavy atom. The van der Waals surface area contributed by atoms with Crippen molar-refractivity contribution in [2.45, 2.75) is 30.4 Å². The van der Waals surface area contributed by atoms with E-state index in [1.807, 2.05) is 0 Å². The largest absolute Gasteiger partial charge is 0.386 e. The average Bonchev–Trinajstić information content (AvgIpc) is 2.45. The van der Waals surface area contributed by atoms with E-state index in [2.05, 4.69) is 4.98 Å². The Kier molecular flexibility index (Phi) is 4.37. The first-order valence-corrected chi connectivity index (χ1v) is 8.65. The molecule has 6 heteroatoms. The van der Waals surface area contributed by atoms with E-state index in [0.717, 1.165) is 6.26 Å². The summed E-state index contributed by atoms with van der Waals surface area (Å²) >= 11 is 0. The first-order chi connectivity index (χ1) is 10.1. The molecule has 0 spiro atoms. The zero-order valence-corrected chi connectivity index (χ0v) is 13.5. The van der Waals surface area contributed by atoms with Crippen molar-refractivity contribution in [1.29, 1.82) is 0 Å². The molecule has 22 heavy (non-hydrogen) atoms. The fourth-order valence-electron chi connectivity index (χ4n) is 2.00. The number of aliphatic hydroxyl groups excluding tert-OH is 1. The number of sulfone groups is 1. The van der Waals surface area contributed by atoms with Crippen molar-refractivity contribution in [2.24, 2.45) is 0 Å². The number of hydrogen-bond donors (Lipinski definition) is 2. The van der Waals surface area contributed by atoms with Crippen LogP contribution >= 0.6 is 0 Å². The molecule has 0 aliphatic heterocycles. The van der Waals surface area contributed by atoms with E-state index in [9.17, 15) is 18.6 Å². The van der Waals surface area contributed by atoms with Gasteiger partial charge in [-0.15, -0.1) is 0 Å². The molecule has 0 aliphatic carbocycles. The summed E-state index contributed by atoms with van der Waals surface area (Å²) < 4.78 is 22.8. The summed E-state index contributed by atoms with van der Waals surface area (Å²) in [5, 5.41) is 20.2. The first kappa shape index (κ1) is 16.6. The normalized spacial score (nSPS) is 13.9. The van der Waals surface area contributed by atoms with Crippen LogP contribution in [0.2, 0.25) is 0 Å². The summed E-state index contributed by atoms with van der Waals surface area (Å²) in [6.45, 7) is 3.31. The Morgan fingerprint density at radius 2 is 1.68 bits per heavy atom. The van der Waals surface area contributed by atoms with E-state index in [0.29, 0.717) is 16.8 Å². The molecular weight excluding hydrogens is 302 g/mol. The van der Waals surface area contributed by atoms with Crippen molar-refractivity contribution in [1.82, 2.24) is 4.98 Å². The second-order valence-electron chi connectivity index (χ2n) is 5.77. The van der Waals surface area contributed by atoms with E-state index in [4.69, 9.17) is 0 Å². The van der Waals surface area contributed by atoms with Crippen LogP contribution in [0.15, 0.2) is 47.5 Å². The summed E-state index contributed by atoms with van der Waals surface area (Å²) in [5.74, 6) is 0. The van der Waals surface area contributed by atoms with Gasteiger partial charge in [-0.25, -0.2) is 8.42 Å². The van der Waals surface area contributed by atoms with Crippen molar-refractivity contribution in [3.05, 3.63) is 59.4 Å². The van der Waals surface area contributed by atoms with Gasteiger partial charge >= 0.3 is 0 Å². The minimum absolute atomic E-state index is 0.203. The number of benzene rings is 1. The van der Waals surface area contributed by atoms with Crippen LogP contribution in [0.3, 0.4) is 0 Å². The lowest BCUT2D eigenvalue weighted by atomic mass is 9.99. The number of nitrogens with zero attached hydrogens (tertiary/aromatic N) is 1. The number of rotatable bonds is 4. The van der Waals surface area contributed by atoms with Crippen LogP contribution in [0.25, 0.3) is 0 Å². The van der Waals surface area contributed by atoms with E-state index >= 15 is 0 Å². The highest BCUT2D eigenvalue weighted by atomic mass is 32.2. The van der Waals surface area contributed by atoms with Gasteiger partial charge in [0, 0.05) is 18.0 Å². The molecule has 1 heterocycles. The second-order valence-corrected chi connectivity index (χ2v) is 7.79. The molecule has 1 aromatic carbocycles. The van der Waals surface area contributed by atoms with Crippen LogP contribution in [0.5, 0.6) is 0 Å². The van der Waals surface area contributed by atoms with Gasteiger partial charge in [0.05, 0.1) is 16.2 Å². The zero-order chi connectivity index (χ0) is 16.5. The molecule has 1 atom stereocenters. The lowest BCUT2D eigenvalue weighted by Gasteiger charge is -2.18. The van der Waals surface area contributed by atoms with Crippen LogP contribution in [0.1, 0.15) is 36.8 Å². The van der Waals surface area contributed by atoms with Crippen molar-refractivity contribution >= 4 is 9.84 Å². The van der Waals surface area contributed by atoms with Gasteiger partial charge in [0.2, 0.25) is 0 Å². The molecule has 118 valence electrons. The molecule has 5 nitrogen and oxygen atoms in total. The smallest absolute Gasteiger partial charge is 0.175 e. The Bertz CT molecular complexity index is 744. The molecule has 0 radical (unpaired) electrons. The van der Waals surface area contributed by atoms with Crippen LogP contribution in [-0.4, -0.2) is 29.9 Å². The molecule has 2 aromatic rings. The van der Waals surface area contributed by atoms with Gasteiger partial charge < -0.3 is 10.2 Å². The first-order valence-electron chi connectivity index (χ1n) is 6.76. The van der Waals surface area contributed by atoms with Crippen molar-refractivity contribution in [3.63, 3.8) is 0 Å². The third kappa shape index (κ3) is 3.71. The van der Waals surface area contributed by atoms with Gasteiger partial charge in [-0.05, 0) is 37.6 Å². The number of aromatic nitrogens is 1. The molecule has 2 N–H and O–H groups in total. The summed E-state index contributed by atoms with van der Waals surface area (Å²) in [6.07, 6.45) is 1.70. The summed E-state index contributed by atoms with van der Waals surface area (Å²) in [4.78, 5) is 4.37. The van der Waals surface area contributed by atoms with Crippen LogP contribution < -0.4 is 0 Å². The quantitative estimate of drug-likeness (QED) is 0.896. The molecule has 0 bridgehead atoms. The Morgan fingerprint density at radius 1 is 1.09 bits per heavy atom. The summed E-state index contributed by atoms with van der Waals surface area (Å²) in [7, 11) is -3.26. The third-order valence-corrected chi connectivity index (χ3v) is 4.53. The SMILES string of the molecule is CC(C)(O)c1ccc(C(O)c2ccc(S(C)(=O)=O)cc2)nc1. The standard InChI is InChI=1S/C16H19NO4S/c1-16(2,19)12-6-9-14(17-10-12)15(18)11-4-7-13(8-5-11)22(3,20)21/h4-10,15,18-19H,1-3H3. The Hall–Kier alpha value is -1.76. The van der Waals surface area contributed by atoms with E-state index in [1.165, 1.54) is 18.3 Å². The number of hydrogen-bond acceptors (Lipinski definition) is 5. The lowest BCUT2D eigenvalue weighted by molar-refractivity contribution is 0.0780. The van der Waals surface area contributed by atoms with Crippen LogP contribution in [-0.2, 0) is 15.4 Å². The minimum atomic E-state index is -3.26. The molecule has 0 fully saturated rings. The predicted molar refractivity (Wildman–Crippen MR) is 83.1 cm³/mol. The summed E-state index contributed by atoms with van der Waals surface area (Å²) in [5.41, 5.74) is 0.639. The maximum absolute atomic E-state index is 11.4. The summed E-state index contributed by atoms with van der Waals surface area (Å²) in [6, 6.07) is 9.39. The highest BCUT2D eigenvalue weighted by molar-refractivity contribution is 7.90. The number of pyridine rings is 1. The molecule has 0 amide bonds. The van der Waals surface area contributed by atoms with Gasteiger partial charge in [0.25, 0.3) is 0 Å². The Balaban J connectivity index is 2.26. The van der Waals surface area contributed by atoms with Gasteiger partial charge in [0.15, 0.2) is 9.84 Å². The van der Waals surface area contributed by atoms with Gasteiger partial charge in [-0.1, -0.05) is 18.2 Å². The second kappa shape index (κ2) is 5.79. The topological polar surface area (TPSA) is 87.5 Å². The zero-order valence-electron chi connectivity index (χ0n) is 12.7. The van der Waals surface area contributed by atoms with Gasteiger partial charge in [-0.3, -0.25) is 4.98 Å². The fraction of sp³-hybridized carbons (Fsp3) is 0.312. The molecule has 0 saturated heterocycles. The predicted octanol–water partition coefficient (Wildman–Crippen LogP) is 1.79. The molecule has 2 rings (SSSR count). The monoisotopic (exact) mass is 321 g/mol. The lowest BCUT2D eigenvalue weighted by Crippen LogP contribution is -2.16. The van der Waals surface area contributed by atoms with Crippen molar-refractivity contribution in [2.75, 3.05) is 6.26 Å². The van der Waals surface area contributed by atoms with E-state index in [-0.39, 0.29) is 4.90 Å². The molecule has 1 aromatic heterocycles. The van der Waals surface area contributed by atoms with E-state index < -0.39 is 21.5 Å². The molecule has 0 aliphatic rings.